The molecule has 0 fully saturated rings. The fraction of sp³-hybridized carbons (Fsp3) is 0.333. The highest BCUT2D eigenvalue weighted by Gasteiger charge is 2.28. The van der Waals surface area contributed by atoms with Gasteiger partial charge < -0.3 is 20.1 Å². The quantitative estimate of drug-likeness (QED) is 0.172. The second kappa shape index (κ2) is 13.6. The monoisotopic (exact) mass is 583 g/mol. The first-order chi connectivity index (χ1) is 18.9. The predicted molar refractivity (Wildman–Crippen MR) is 164 cm³/mol. The van der Waals surface area contributed by atoms with Crippen LogP contribution in [0.15, 0.2) is 71.6 Å². The zero-order valence-corrected chi connectivity index (χ0v) is 25.2. The van der Waals surface area contributed by atoms with Crippen LogP contribution in [-0.2, 0) is 14.8 Å². The zero-order chi connectivity index (χ0) is 29.3. The Bertz CT molecular complexity index is 1420. The van der Waals surface area contributed by atoms with Crippen molar-refractivity contribution in [2.24, 2.45) is 5.41 Å². The first kappa shape index (κ1) is 30.9. The van der Waals surface area contributed by atoms with Crippen molar-refractivity contribution in [3.05, 3.63) is 77.9 Å². The smallest absolute Gasteiger partial charge is 0.261 e. The van der Waals surface area contributed by atoms with E-state index < -0.39 is 15.4 Å². The van der Waals surface area contributed by atoms with Gasteiger partial charge in [0.15, 0.2) is 5.11 Å². The zero-order valence-electron chi connectivity index (χ0n) is 23.5. The second-order valence-electron chi connectivity index (χ2n) is 10.1. The van der Waals surface area contributed by atoms with Gasteiger partial charge in [0.25, 0.3) is 10.0 Å². The maximum Gasteiger partial charge on any atom is 0.261 e. The van der Waals surface area contributed by atoms with Crippen molar-refractivity contribution in [2.75, 3.05) is 23.3 Å². The van der Waals surface area contributed by atoms with Gasteiger partial charge in [0.05, 0.1) is 18.1 Å². The average molecular weight is 584 g/mol. The summed E-state index contributed by atoms with van der Waals surface area (Å²) in [5.41, 5.74) is 2.52. The average Bonchev–Trinajstić information content (AvgIpc) is 2.90. The molecule has 3 aromatic carbocycles. The van der Waals surface area contributed by atoms with Gasteiger partial charge >= 0.3 is 0 Å². The van der Waals surface area contributed by atoms with Crippen molar-refractivity contribution >= 4 is 44.6 Å². The maximum atomic E-state index is 12.9. The fourth-order valence-electron chi connectivity index (χ4n) is 3.82. The van der Waals surface area contributed by atoms with Gasteiger partial charge in [0.1, 0.15) is 11.5 Å². The third-order valence-corrected chi connectivity index (χ3v) is 7.83. The third-order valence-electron chi connectivity index (χ3n) is 6.23. The standard InChI is InChI=1S/C30H37N3O5S2/c1-6-37-25-14-10-24(11-15-25)33-40(35,36)26-16-12-23(13-17-26)31-29(39)32-28(34)30(4,5)18-7-19-38-27-20-21(2)8-9-22(27)3/h8-17,20,33H,6-7,18-19H2,1-5H3,(H2,31,32,34,39). The van der Waals surface area contributed by atoms with Crippen LogP contribution in [0.4, 0.5) is 11.4 Å². The number of hydrogen-bond donors (Lipinski definition) is 3. The summed E-state index contributed by atoms with van der Waals surface area (Å²) >= 11 is 5.32. The van der Waals surface area contributed by atoms with Crippen LogP contribution in [0.3, 0.4) is 0 Å². The van der Waals surface area contributed by atoms with Gasteiger partial charge in [-0.25, -0.2) is 8.42 Å². The molecule has 0 aliphatic heterocycles. The summed E-state index contributed by atoms with van der Waals surface area (Å²) in [5.74, 6) is 1.31. The van der Waals surface area contributed by atoms with E-state index in [1.54, 1.807) is 36.4 Å². The summed E-state index contributed by atoms with van der Waals surface area (Å²) in [6.07, 6.45) is 1.31. The Morgan fingerprint density at radius 3 is 2.23 bits per heavy atom. The number of hydrogen-bond acceptors (Lipinski definition) is 6. The van der Waals surface area contributed by atoms with Crippen molar-refractivity contribution in [1.29, 1.82) is 0 Å². The predicted octanol–water partition coefficient (Wildman–Crippen LogP) is 6.20. The molecule has 40 heavy (non-hydrogen) atoms. The lowest BCUT2D eigenvalue weighted by molar-refractivity contribution is -0.128. The number of anilines is 2. The first-order valence-corrected chi connectivity index (χ1v) is 15.0. The van der Waals surface area contributed by atoms with Crippen LogP contribution < -0.4 is 24.8 Å². The van der Waals surface area contributed by atoms with Gasteiger partial charge in [-0.2, -0.15) is 0 Å². The number of nitrogens with one attached hydrogen (secondary N) is 3. The van der Waals surface area contributed by atoms with Crippen LogP contribution in [0.25, 0.3) is 0 Å². The molecule has 0 saturated heterocycles. The molecule has 0 spiro atoms. The SMILES string of the molecule is CCOc1ccc(NS(=O)(=O)c2ccc(NC(=S)NC(=O)C(C)(C)CCCOc3cc(C)ccc3C)cc2)cc1. The highest BCUT2D eigenvalue weighted by molar-refractivity contribution is 7.92. The molecule has 0 heterocycles. The molecule has 1 amide bonds. The molecule has 0 radical (unpaired) electrons. The molecule has 3 rings (SSSR count). The molecule has 3 N–H and O–H groups in total. The first-order valence-electron chi connectivity index (χ1n) is 13.1. The summed E-state index contributed by atoms with van der Waals surface area (Å²) in [4.78, 5) is 13.0. The molecule has 0 aliphatic rings. The molecule has 8 nitrogen and oxygen atoms in total. The van der Waals surface area contributed by atoms with Crippen LogP contribution in [0.5, 0.6) is 11.5 Å². The molecule has 0 atom stereocenters. The molecule has 0 bridgehead atoms. The Morgan fingerprint density at radius 2 is 1.57 bits per heavy atom. The van der Waals surface area contributed by atoms with Gasteiger partial charge in [0, 0.05) is 16.8 Å². The van der Waals surface area contributed by atoms with Crippen LogP contribution in [0, 0.1) is 19.3 Å². The minimum absolute atomic E-state index is 0.0890. The topological polar surface area (TPSA) is 106 Å². The Kier molecular flexibility index (Phi) is 10.5. The molecule has 0 unspecified atom stereocenters. The van der Waals surface area contributed by atoms with E-state index >= 15 is 0 Å². The Balaban J connectivity index is 1.48. The lowest BCUT2D eigenvalue weighted by atomic mass is 9.87. The highest BCUT2D eigenvalue weighted by Crippen LogP contribution is 2.25. The maximum absolute atomic E-state index is 12.9. The number of ether oxygens (including phenoxy) is 2. The molecule has 0 aromatic heterocycles. The Labute approximate surface area is 242 Å². The van der Waals surface area contributed by atoms with Crippen LogP contribution >= 0.6 is 12.2 Å². The number of thiocarbonyl (C=S) groups is 1. The van der Waals surface area contributed by atoms with E-state index in [0.717, 1.165) is 16.9 Å². The largest absolute Gasteiger partial charge is 0.494 e. The summed E-state index contributed by atoms with van der Waals surface area (Å²) in [7, 11) is -3.79. The van der Waals surface area contributed by atoms with E-state index in [-0.39, 0.29) is 15.9 Å². The molecule has 0 saturated carbocycles. The van der Waals surface area contributed by atoms with Gasteiger partial charge in [-0.1, -0.05) is 26.0 Å². The number of carbonyl (C=O) groups excluding carboxylic acids is 1. The lowest BCUT2D eigenvalue weighted by Crippen LogP contribution is -2.42. The van der Waals surface area contributed by atoms with E-state index in [4.69, 9.17) is 21.7 Å². The van der Waals surface area contributed by atoms with E-state index in [9.17, 15) is 13.2 Å². The highest BCUT2D eigenvalue weighted by atomic mass is 32.2. The van der Waals surface area contributed by atoms with Gasteiger partial charge in [-0.3, -0.25) is 9.52 Å². The van der Waals surface area contributed by atoms with Crippen molar-refractivity contribution in [3.63, 3.8) is 0 Å². The number of amides is 1. The van der Waals surface area contributed by atoms with E-state index in [1.807, 2.05) is 52.8 Å². The van der Waals surface area contributed by atoms with Crippen LogP contribution in [-0.4, -0.2) is 32.7 Å². The Morgan fingerprint density at radius 1 is 0.925 bits per heavy atom. The van der Waals surface area contributed by atoms with Crippen molar-refractivity contribution in [3.8, 4) is 11.5 Å². The number of rotatable bonds is 12. The summed E-state index contributed by atoms with van der Waals surface area (Å²) < 4.78 is 39.4. The van der Waals surface area contributed by atoms with Gasteiger partial charge in [-0.15, -0.1) is 0 Å². The third kappa shape index (κ3) is 8.96. The Hall–Kier alpha value is -3.63. The number of sulfonamides is 1. The van der Waals surface area contributed by atoms with E-state index in [2.05, 4.69) is 15.4 Å². The van der Waals surface area contributed by atoms with Gasteiger partial charge in [-0.05, 0) is 112 Å². The number of aryl methyl sites for hydroxylation is 2. The number of benzene rings is 3. The van der Waals surface area contributed by atoms with Crippen LogP contribution in [0.2, 0.25) is 0 Å². The van der Waals surface area contributed by atoms with Crippen LogP contribution in [0.1, 0.15) is 44.7 Å². The lowest BCUT2D eigenvalue weighted by Gasteiger charge is -2.24. The molecule has 3 aromatic rings. The molecular weight excluding hydrogens is 546 g/mol. The normalized spacial score (nSPS) is 11.4. The molecule has 214 valence electrons. The van der Waals surface area contributed by atoms with Crippen molar-refractivity contribution < 1.29 is 22.7 Å². The van der Waals surface area contributed by atoms with E-state index in [1.165, 1.54) is 12.1 Å². The summed E-state index contributed by atoms with van der Waals surface area (Å²) in [5, 5.41) is 5.80. The van der Waals surface area contributed by atoms with Gasteiger partial charge in [0.2, 0.25) is 5.91 Å². The van der Waals surface area contributed by atoms with E-state index in [0.29, 0.717) is 43.2 Å². The van der Waals surface area contributed by atoms with Crippen molar-refractivity contribution in [1.82, 2.24) is 5.32 Å². The second-order valence-corrected chi connectivity index (χ2v) is 12.2. The molecule has 0 aliphatic carbocycles. The molecule has 10 heteroatoms. The fourth-order valence-corrected chi connectivity index (χ4v) is 5.09. The minimum Gasteiger partial charge on any atom is -0.494 e. The molecular formula is C30H37N3O5S2. The number of carbonyl (C=O) groups is 1. The van der Waals surface area contributed by atoms with Crippen molar-refractivity contribution in [2.45, 2.75) is 52.4 Å². The minimum atomic E-state index is -3.79. The summed E-state index contributed by atoms with van der Waals surface area (Å²) in [6.45, 7) is 10.7. The summed E-state index contributed by atoms with van der Waals surface area (Å²) in [6, 6.07) is 18.9.